The first-order valence-electron chi connectivity index (χ1n) is 5.76. The number of hydrogen-bond donors (Lipinski definition) is 2. The second kappa shape index (κ2) is 5.56. The Balaban J connectivity index is 2.41. The molecule has 6 heteroatoms. The fraction of sp³-hybridized carbons (Fsp3) is 0.0714. The topological polar surface area (TPSA) is 64.4 Å². The van der Waals surface area contributed by atoms with Gasteiger partial charge in [-0.15, -0.1) is 0 Å². The zero-order chi connectivity index (χ0) is 14.7. The second-order valence-corrected chi connectivity index (χ2v) is 4.01. The van der Waals surface area contributed by atoms with Crippen molar-refractivity contribution in [3.8, 4) is 11.5 Å². The van der Waals surface area contributed by atoms with E-state index in [0.717, 1.165) is 12.1 Å². The molecule has 3 N–H and O–H groups in total. The maximum atomic E-state index is 13.6. The fourth-order valence-electron chi connectivity index (χ4n) is 1.62. The molecule has 0 atom stereocenters. The normalized spacial score (nSPS) is 10.2. The van der Waals surface area contributed by atoms with Crippen molar-refractivity contribution in [2.75, 3.05) is 12.8 Å². The van der Waals surface area contributed by atoms with Crippen LogP contribution in [0.2, 0.25) is 0 Å². The van der Waals surface area contributed by atoms with Gasteiger partial charge in [0.15, 0.2) is 11.6 Å². The first-order chi connectivity index (χ1) is 9.51. The Kier molecular flexibility index (Phi) is 3.84. The summed E-state index contributed by atoms with van der Waals surface area (Å²) in [6.45, 7) is 0. The summed E-state index contributed by atoms with van der Waals surface area (Å²) in [6.07, 6.45) is 0. The SMILES string of the molecule is CNC(=O)c1ccc(N)cc1Oc1ccc(F)cc1F. The van der Waals surface area contributed by atoms with Gasteiger partial charge in [-0.05, 0) is 24.3 Å². The van der Waals surface area contributed by atoms with E-state index in [4.69, 9.17) is 10.5 Å². The van der Waals surface area contributed by atoms with Crippen molar-refractivity contribution in [3.63, 3.8) is 0 Å². The molecule has 0 radical (unpaired) electrons. The highest BCUT2D eigenvalue weighted by Crippen LogP contribution is 2.29. The number of carbonyl (C=O) groups is 1. The molecule has 4 nitrogen and oxygen atoms in total. The lowest BCUT2D eigenvalue weighted by molar-refractivity contribution is 0.0960. The molecule has 2 aromatic carbocycles. The van der Waals surface area contributed by atoms with E-state index >= 15 is 0 Å². The number of hydrogen-bond acceptors (Lipinski definition) is 3. The van der Waals surface area contributed by atoms with E-state index in [1.165, 1.54) is 25.2 Å². The van der Waals surface area contributed by atoms with Crippen LogP contribution in [0.5, 0.6) is 11.5 Å². The molecule has 0 unspecified atom stereocenters. The maximum absolute atomic E-state index is 13.6. The van der Waals surface area contributed by atoms with Gasteiger partial charge in [0.05, 0.1) is 5.56 Å². The van der Waals surface area contributed by atoms with Crippen LogP contribution >= 0.6 is 0 Å². The summed E-state index contributed by atoms with van der Waals surface area (Å²) >= 11 is 0. The van der Waals surface area contributed by atoms with Gasteiger partial charge in [-0.25, -0.2) is 8.78 Å². The number of nitrogen functional groups attached to an aromatic ring is 1. The molecule has 2 aromatic rings. The number of anilines is 1. The van der Waals surface area contributed by atoms with Crippen molar-refractivity contribution in [2.45, 2.75) is 0 Å². The smallest absolute Gasteiger partial charge is 0.254 e. The molecule has 0 aliphatic heterocycles. The zero-order valence-corrected chi connectivity index (χ0v) is 10.6. The van der Waals surface area contributed by atoms with Gasteiger partial charge in [-0.1, -0.05) is 0 Å². The Morgan fingerprint density at radius 2 is 1.90 bits per heavy atom. The molecule has 0 heterocycles. The van der Waals surface area contributed by atoms with Gasteiger partial charge in [0.25, 0.3) is 5.91 Å². The van der Waals surface area contributed by atoms with Gasteiger partial charge in [0.1, 0.15) is 11.6 Å². The van der Waals surface area contributed by atoms with Crippen molar-refractivity contribution in [1.29, 1.82) is 0 Å². The first-order valence-corrected chi connectivity index (χ1v) is 5.76. The number of benzene rings is 2. The minimum Gasteiger partial charge on any atom is -0.453 e. The summed E-state index contributed by atoms with van der Waals surface area (Å²) in [4.78, 5) is 11.7. The molecule has 0 fully saturated rings. The third-order valence-corrected chi connectivity index (χ3v) is 2.59. The lowest BCUT2D eigenvalue weighted by Crippen LogP contribution is -2.18. The predicted molar refractivity (Wildman–Crippen MR) is 70.7 cm³/mol. The number of ether oxygens (including phenoxy) is 1. The summed E-state index contributed by atoms with van der Waals surface area (Å²) in [5, 5.41) is 2.44. The standard InChI is InChI=1S/C14H12F2N2O2/c1-18-14(19)10-4-3-9(17)7-13(10)20-12-5-2-8(15)6-11(12)16/h2-7H,17H2,1H3,(H,18,19). The highest BCUT2D eigenvalue weighted by molar-refractivity contribution is 5.97. The van der Waals surface area contributed by atoms with Crippen molar-refractivity contribution < 1.29 is 18.3 Å². The van der Waals surface area contributed by atoms with E-state index in [0.29, 0.717) is 11.8 Å². The Hall–Kier alpha value is -2.63. The number of nitrogens with one attached hydrogen (secondary N) is 1. The molecular formula is C14H12F2N2O2. The molecule has 0 saturated heterocycles. The van der Waals surface area contributed by atoms with E-state index in [1.807, 2.05) is 0 Å². The van der Waals surface area contributed by atoms with Crippen LogP contribution in [0, 0.1) is 11.6 Å². The van der Waals surface area contributed by atoms with Crippen LogP contribution in [-0.2, 0) is 0 Å². The van der Waals surface area contributed by atoms with Crippen LogP contribution < -0.4 is 15.8 Å². The van der Waals surface area contributed by atoms with Crippen LogP contribution in [-0.4, -0.2) is 13.0 Å². The summed E-state index contributed by atoms with van der Waals surface area (Å²) in [7, 11) is 1.46. The van der Waals surface area contributed by atoms with Crippen molar-refractivity contribution in [1.82, 2.24) is 5.32 Å². The lowest BCUT2D eigenvalue weighted by Gasteiger charge is -2.11. The zero-order valence-electron chi connectivity index (χ0n) is 10.6. The second-order valence-electron chi connectivity index (χ2n) is 4.01. The molecule has 0 aliphatic rings. The van der Waals surface area contributed by atoms with Gasteiger partial charge >= 0.3 is 0 Å². The van der Waals surface area contributed by atoms with Crippen molar-refractivity contribution in [3.05, 3.63) is 53.6 Å². The van der Waals surface area contributed by atoms with Crippen molar-refractivity contribution in [2.24, 2.45) is 0 Å². The van der Waals surface area contributed by atoms with E-state index in [2.05, 4.69) is 5.32 Å². The van der Waals surface area contributed by atoms with E-state index < -0.39 is 17.5 Å². The van der Waals surface area contributed by atoms with Crippen LogP contribution in [0.4, 0.5) is 14.5 Å². The number of amides is 1. The average molecular weight is 278 g/mol. The number of carbonyl (C=O) groups excluding carboxylic acids is 1. The summed E-state index contributed by atoms with van der Waals surface area (Å²) in [6, 6.07) is 7.28. The Morgan fingerprint density at radius 1 is 1.15 bits per heavy atom. The monoisotopic (exact) mass is 278 g/mol. The Labute approximate surface area is 114 Å². The Morgan fingerprint density at radius 3 is 2.55 bits per heavy atom. The van der Waals surface area contributed by atoms with Crippen LogP contribution in [0.25, 0.3) is 0 Å². The predicted octanol–water partition coefficient (Wildman–Crippen LogP) is 2.70. The molecule has 1 amide bonds. The largest absolute Gasteiger partial charge is 0.453 e. The molecule has 0 aromatic heterocycles. The molecule has 2 rings (SSSR count). The third-order valence-electron chi connectivity index (χ3n) is 2.59. The van der Waals surface area contributed by atoms with Crippen LogP contribution in [0.1, 0.15) is 10.4 Å². The number of nitrogens with two attached hydrogens (primary N) is 1. The van der Waals surface area contributed by atoms with Crippen LogP contribution in [0.15, 0.2) is 36.4 Å². The van der Waals surface area contributed by atoms with E-state index in [9.17, 15) is 13.6 Å². The van der Waals surface area contributed by atoms with Gasteiger partial charge in [0.2, 0.25) is 0 Å². The molecule has 0 aliphatic carbocycles. The minimum atomic E-state index is -0.865. The molecule has 20 heavy (non-hydrogen) atoms. The van der Waals surface area contributed by atoms with Gasteiger partial charge in [-0.3, -0.25) is 4.79 Å². The minimum absolute atomic E-state index is 0.0925. The fourth-order valence-corrected chi connectivity index (χ4v) is 1.62. The Bertz CT molecular complexity index is 660. The molecule has 0 saturated carbocycles. The summed E-state index contributed by atoms with van der Waals surface area (Å²) < 4.78 is 31.7. The molecule has 104 valence electrons. The average Bonchev–Trinajstić information content (AvgIpc) is 2.41. The van der Waals surface area contributed by atoms with E-state index in [-0.39, 0.29) is 17.1 Å². The number of halogens is 2. The summed E-state index contributed by atoms with van der Waals surface area (Å²) in [5.41, 5.74) is 6.18. The molecule has 0 spiro atoms. The summed E-state index contributed by atoms with van der Waals surface area (Å²) in [5.74, 6) is -2.08. The molecular weight excluding hydrogens is 266 g/mol. The maximum Gasteiger partial charge on any atom is 0.254 e. The highest BCUT2D eigenvalue weighted by Gasteiger charge is 2.14. The third kappa shape index (κ3) is 2.85. The van der Waals surface area contributed by atoms with Gasteiger partial charge < -0.3 is 15.8 Å². The lowest BCUT2D eigenvalue weighted by atomic mass is 10.1. The first kappa shape index (κ1) is 13.8. The van der Waals surface area contributed by atoms with Gasteiger partial charge in [0, 0.05) is 24.9 Å². The van der Waals surface area contributed by atoms with Crippen LogP contribution in [0.3, 0.4) is 0 Å². The number of rotatable bonds is 3. The van der Waals surface area contributed by atoms with Gasteiger partial charge in [-0.2, -0.15) is 0 Å². The quantitative estimate of drug-likeness (QED) is 0.848. The van der Waals surface area contributed by atoms with Crippen molar-refractivity contribution >= 4 is 11.6 Å². The molecule has 0 bridgehead atoms. The highest BCUT2D eigenvalue weighted by atomic mass is 19.1. The van der Waals surface area contributed by atoms with E-state index in [1.54, 1.807) is 0 Å².